The van der Waals surface area contributed by atoms with Gasteiger partial charge in [0, 0.05) is 68.7 Å². The van der Waals surface area contributed by atoms with E-state index in [1.165, 1.54) is 6.21 Å². The topological polar surface area (TPSA) is 98.1 Å². The first-order chi connectivity index (χ1) is 21.0. The van der Waals surface area contributed by atoms with Crippen LogP contribution in [0, 0.1) is 0 Å². The first-order valence-electron chi connectivity index (χ1n) is 14.5. The van der Waals surface area contributed by atoms with Crippen molar-refractivity contribution >= 4 is 41.3 Å². The molecule has 0 unspecified atom stereocenters. The van der Waals surface area contributed by atoms with Gasteiger partial charge in [-0.3, -0.25) is 4.90 Å². The maximum atomic E-state index is 12.6. The van der Waals surface area contributed by atoms with Gasteiger partial charge in [0.2, 0.25) is 0 Å². The fourth-order valence-corrected chi connectivity index (χ4v) is 5.87. The minimum atomic E-state index is -0.557. The largest absolute Gasteiger partial charge is 0.495 e. The van der Waals surface area contributed by atoms with Crippen LogP contribution in [0.15, 0.2) is 59.8 Å². The van der Waals surface area contributed by atoms with Gasteiger partial charge >= 0.3 is 12.1 Å². The second-order valence-electron chi connectivity index (χ2n) is 11.9. The van der Waals surface area contributed by atoms with Gasteiger partial charge in [-0.1, -0.05) is 53.2 Å². The third kappa shape index (κ3) is 6.40. The smallest absolute Gasteiger partial charge is 0.410 e. The Morgan fingerprint density at radius 1 is 0.932 bits per heavy atom. The summed E-state index contributed by atoms with van der Waals surface area (Å²) in [6.07, 6.45) is 1.09. The Hall–Kier alpha value is -4.44. The zero-order valence-corrected chi connectivity index (χ0v) is 26.5. The summed E-state index contributed by atoms with van der Waals surface area (Å²) in [5, 5.41) is 13.1. The van der Waals surface area contributed by atoms with Gasteiger partial charge in [0.15, 0.2) is 0 Å². The van der Waals surface area contributed by atoms with E-state index in [0.717, 1.165) is 33.5 Å². The van der Waals surface area contributed by atoms with Crippen molar-refractivity contribution in [2.24, 2.45) is 5.16 Å². The maximum Gasteiger partial charge on any atom is 0.410 e. The molecule has 3 aromatic rings. The molecule has 10 nitrogen and oxygen atoms in total. The van der Waals surface area contributed by atoms with Gasteiger partial charge in [-0.15, -0.1) is 0 Å². The lowest BCUT2D eigenvalue weighted by Crippen LogP contribution is -2.50. The molecule has 3 amide bonds. The van der Waals surface area contributed by atoms with Crippen LogP contribution in [0.1, 0.15) is 26.3 Å². The van der Waals surface area contributed by atoms with E-state index in [4.69, 9.17) is 21.1 Å². The van der Waals surface area contributed by atoms with Gasteiger partial charge in [0.25, 0.3) is 0 Å². The Labute approximate surface area is 263 Å². The monoisotopic (exact) mass is 619 g/mol. The molecule has 2 saturated heterocycles. The molecule has 2 fully saturated rings. The second kappa shape index (κ2) is 12.7. The van der Waals surface area contributed by atoms with E-state index in [-0.39, 0.29) is 12.1 Å². The maximum absolute atomic E-state index is 12.6. The molecule has 0 aromatic heterocycles. The summed E-state index contributed by atoms with van der Waals surface area (Å²) in [7, 11) is 3.42. The standard InChI is InChI=1S/C33H38ClN5O5/c1-33(2,3)44-32(41)38-16-14-37(15-17-38)29-20-23(9-10-24(29)21-35-42)26-8-6-7-25(30(26)43-5)22-11-12-28(27(34)19-22)39-18-13-36(4)31(39)40/h6-12,19-21,42H,13-18H2,1-5H3. The predicted octanol–water partition coefficient (Wildman–Crippen LogP) is 6.42. The minimum Gasteiger partial charge on any atom is -0.495 e. The third-order valence-electron chi connectivity index (χ3n) is 7.80. The molecule has 44 heavy (non-hydrogen) atoms. The molecule has 0 saturated carbocycles. The van der Waals surface area contributed by atoms with Crippen LogP contribution in [0.2, 0.25) is 5.02 Å². The normalized spacial score (nSPS) is 15.8. The fraction of sp³-hybridized carbons (Fsp3) is 0.364. The summed E-state index contributed by atoms with van der Waals surface area (Å²) in [5.41, 5.74) is 5.26. The second-order valence-corrected chi connectivity index (χ2v) is 12.3. The molecule has 1 N–H and O–H groups in total. The lowest BCUT2D eigenvalue weighted by molar-refractivity contribution is 0.0240. The van der Waals surface area contributed by atoms with Crippen molar-refractivity contribution in [3.63, 3.8) is 0 Å². The third-order valence-corrected chi connectivity index (χ3v) is 8.10. The number of nitrogens with zero attached hydrogens (tertiary/aromatic N) is 5. The number of halogens is 1. The number of hydrogen-bond donors (Lipinski definition) is 1. The first-order valence-corrected chi connectivity index (χ1v) is 14.9. The van der Waals surface area contributed by atoms with E-state index in [0.29, 0.717) is 55.7 Å². The number of carbonyl (C=O) groups excluding carboxylic acids is 2. The van der Waals surface area contributed by atoms with Gasteiger partial charge in [-0.2, -0.15) is 0 Å². The van der Waals surface area contributed by atoms with Gasteiger partial charge in [0.05, 0.1) is 24.0 Å². The number of carbonyl (C=O) groups is 2. The Morgan fingerprint density at radius 2 is 1.59 bits per heavy atom. The molecule has 0 bridgehead atoms. The molecule has 3 aromatic carbocycles. The van der Waals surface area contributed by atoms with E-state index in [2.05, 4.69) is 10.1 Å². The zero-order valence-electron chi connectivity index (χ0n) is 25.7. The van der Waals surface area contributed by atoms with Crippen LogP contribution in [-0.2, 0) is 4.74 Å². The van der Waals surface area contributed by atoms with Crippen molar-refractivity contribution in [1.29, 1.82) is 0 Å². The number of ether oxygens (including phenoxy) is 2. The molecule has 0 radical (unpaired) electrons. The Bertz CT molecular complexity index is 1580. The molecule has 2 aliphatic heterocycles. The Kier molecular flexibility index (Phi) is 8.92. The first kappa shape index (κ1) is 31.0. The van der Waals surface area contributed by atoms with Crippen molar-refractivity contribution < 1.29 is 24.3 Å². The number of oxime groups is 1. The SMILES string of the molecule is COc1c(-c2ccc(N3CCN(C)C3=O)c(Cl)c2)cccc1-c1ccc(C=NO)c(N2CCN(C(=O)OC(C)(C)C)CC2)c1. The van der Waals surface area contributed by atoms with E-state index >= 15 is 0 Å². The van der Waals surface area contributed by atoms with Crippen LogP contribution in [0.3, 0.4) is 0 Å². The predicted molar refractivity (Wildman–Crippen MR) is 174 cm³/mol. The summed E-state index contributed by atoms with van der Waals surface area (Å²) in [6, 6.07) is 17.5. The lowest BCUT2D eigenvalue weighted by Gasteiger charge is -2.37. The van der Waals surface area contributed by atoms with Gasteiger partial charge in [-0.25, -0.2) is 9.59 Å². The molecule has 11 heteroatoms. The van der Waals surface area contributed by atoms with Gasteiger partial charge in [-0.05, 0) is 50.1 Å². The summed E-state index contributed by atoms with van der Waals surface area (Å²) >= 11 is 6.72. The van der Waals surface area contributed by atoms with Crippen LogP contribution in [-0.4, -0.2) is 92.4 Å². The highest BCUT2D eigenvalue weighted by molar-refractivity contribution is 6.34. The molecule has 2 aliphatic rings. The van der Waals surface area contributed by atoms with Crippen molar-refractivity contribution in [1.82, 2.24) is 9.80 Å². The summed E-state index contributed by atoms with van der Waals surface area (Å²) < 4.78 is 11.5. The highest BCUT2D eigenvalue weighted by Gasteiger charge is 2.29. The molecule has 0 aliphatic carbocycles. The zero-order chi connectivity index (χ0) is 31.6. The Morgan fingerprint density at radius 3 is 2.16 bits per heavy atom. The Balaban J connectivity index is 1.45. The van der Waals surface area contributed by atoms with Crippen molar-refractivity contribution in [3.05, 3.63) is 65.2 Å². The van der Waals surface area contributed by atoms with Crippen molar-refractivity contribution in [2.75, 3.05) is 63.2 Å². The number of urea groups is 1. The molecular formula is C33H38ClN5O5. The number of para-hydroxylation sites is 1. The highest BCUT2D eigenvalue weighted by Crippen LogP contribution is 2.42. The van der Waals surface area contributed by atoms with Crippen molar-refractivity contribution in [3.8, 4) is 28.0 Å². The van der Waals surface area contributed by atoms with E-state index in [1.807, 2.05) is 75.4 Å². The lowest BCUT2D eigenvalue weighted by atomic mass is 9.95. The number of amides is 3. The van der Waals surface area contributed by atoms with E-state index < -0.39 is 5.60 Å². The molecule has 2 heterocycles. The fourth-order valence-electron chi connectivity index (χ4n) is 5.59. The number of likely N-dealkylation sites (N-methyl/N-ethyl adjacent to an activating group) is 1. The number of piperazine rings is 1. The van der Waals surface area contributed by atoms with Gasteiger partial charge < -0.3 is 29.4 Å². The number of rotatable bonds is 6. The summed E-state index contributed by atoms with van der Waals surface area (Å²) in [4.78, 5) is 32.4. The van der Waals surface area contributed by atoms with Crippen molar-refractivity contribution in [2.45, 2.75) is 26.4 Å². The molecule has 5 rings (SSSR count). The average molecular weight is 620 g/mol. The molecule has 232 valence electrons. The average Bonchev–Trinajstić information content (AvgIpc) is 3.33. The van der Waals surface area contributed by atoms with Crippen LogP contribution in [0.4, 0.5) is 21.0 Å². The summed E-state index contributed by atoms with van der Waals surface area (Å²) in [6.45, 7) is 8.99. The molecular weight excluding hydrogens is 582 g/mol. The quantitative estimate of drug-likeness (QED) is 0.194. The molecule has 0 atom stereocenters. The summed E-state index contributed by atoms with van der Waals surface area (Å²) in [5.74, 6) is 0.678. The van der Waals surface area contributed by atoms with Crippen LogP contribution < -0.4 is 14.5 Å². The van der Waals surface area contributed by atoms with E-state index in [9.17, 15) is 14.8 Å². The number of hydrogen-bond acceptors (Lipinski definition) is 7. The van der Waals surface area contributed by atoms with Crippen LogP contribution >= 0.6 is 11.6 Å². The van der Waals surface area contributed by atoms with E-state index in [1.54, 1.807) is 28.9 Å². The minimum absolute atomic E-state index is 0.0732. The number of methoxy groups -OCH3 is 1. The number of anilines is 2. The van der Waals surface area contributed by atoms with Gasteiger partial charge in [0.1, 0.15) is 11.4 Å². The van der Waals surface area contributed by atoms with Crippen LogP contribution in [0.25, 0.3) is 22.3 Å². The molecule has 0 spiro atoms. The van der Waals surface area contributed by atoms with Crippen LogP contribution in [0.5, 0.6) is 5.75 Å². The highest BCUT2D eigenvalue weighted by atomic mass is 35.5. The number of benzene rings is 3.